The molecule has 20 heavy (non-hydrogen) atoms. The van der Waals surface area contributed by atoms with Crippen molar-refractivity contribution in [1.82, 2.24) is 9.88 Å². The van der Waals surface area contributed by atoms with Crippen molar-refractivity contribution in [3.63, 3.8) is 0 Å². The molecule has 1 aromatic heterocycles. The van der Waals surface area contributed by atoms with E-state index in [4.69, 9.17) is 0 Å². The Hall–Kier alpha value is -1.31. The monoisotopic (exact) mass is 305 g/mol. The third-order valence-corrected chi connectivity index (χ3v) is 4.97. The molecule has 2 atom stereocenters. The molecule has 110 valence electrons. The van der Waals surface area contributed by atoms with Gasteiger partial charge in [-0.2, -0.15) is 13.2 Å². The summed E-state index contributed by atoms with van der Waals surface area (Å²) < 4.78 is 37.3. The van der Waals surface area contributed by atoms with Gasteiger partial charge in [0, 0.05) is 13.1 Å². The van der Waals surface area contributed by atoms with Crippen molar-refractivity contribution in [2.75, 3.05) is 18.4 Å². The Bertz CT molecular complexity index is 504. The summed E-state index contributed by atoms with van der Waals surface area (Å²) in [5, 5.41) is 2.46. The molecular formula is C12H14F3N3OS. The summed E-state index contributed by atoms with van der Waals surface area (Å²) in [7, 11) is 0. The molecule has 8 heteroatoms. The number of urea groups is 1. The van der Waals surface area contributed by atoms with Gasteiger partial charge in [-0.15, -0.1) is 0 Å². The average Bonchev–Trinajstić information content (AvgIpc) is 3.00. The van der Waals surface area contributed by atoms with Crippen molar-refractivity contribution in [1.29, 1.82) is 0 Å². The summed E-state index contributed by atoms with van der Waals surface area (Å²) in [6.07, 6.45) is -0.162. The van der Waals surface area contributed by atoms with Gasteiger partial charge in [0.25, 0.3) is 0 Å². The minimum atomic E-state index is -4.41. The molecule has 1 aliphatic carbocycles. The number of thiazole rings is 1. The van der Waals surface area contributed by atoms with E-state index in [1.807, 2.05) is 0 Å². The number of hydrogen-bond acceptors (Lipinski definition) is 3. The number of carbonyl (C=O) groups is 1. The summed E-state index contributed by atoms with van der Waals surface area (Å²) in [5.41, 5.74) is 0. The van der Waals surface area contributed by atoms with Crippen molar-refractivity contribution in [3.05, 3.63) is 11.1 Å². The first-order chi connectivity index (χ1) is 9.43. The van der Waals surface area contributed by atoms with Crippen LogP contribution in [0.4, 0.5) is 23.1 Å². The van der Waals surface area contributed by atoms with E-state index in [9.17, 15) is 18.0 Å². The molecule has 2 fully saturated rings. The number of amides is 2. The summed E-state index contributed by atoms with van der Waals surface area (Å²) in [6, 6.07) is -0.345. The number of hydrogen-bond donors (Lipinski definition) is 1. The van der Waals surface area contributed by atoms with Gasteiger partial charge >= 0.3 is 12.2 Å². The standard InChI is InChI=1S/C12H14F3N3OS/c13-12(14,15)9-4-16-10(20-9)17-11(19)18-5-7-2-1-3-8(7)6-18/h4,7-8H,1-3,5-6H2,(H,16,17,19)/t7-,8-/m0/s1. The van der Waals surface area contributed by atoms with Crippen LogP contribution in [0.2, 0.25) is 0 Å². The van der Waals surface area contributed by atoms with E-state index >= 15 is 0 Å². The number of rotatable bonds is 1. The third kappa shape index (κ3) is 2.61. The van der Waals surface area contributed by atoms with E-state index in [0.29, 0.717) is 36.3 Å². The van der Waals surface area contributed by atoms with Crippen LogP contribution in [0.25, 0.3) is 0 Å². The summed E-state index contributed by atoms with van der Waals surface area (Å²) in [5.74, 6) is 1.12. The molecule has 4 nitrogen and oxygen atoms in total. The van der Waals surface area contributed by atoms with Crippen LogP contribution in [0, 0.1) is 11.8 Å². The molecule has 1 aliphatic heterocycles. The van der Waals surface area contributed by atoms with Gasteiger partial charge in [-0.1, -0.05) is 17.8 Å². The third-order valence-electron chi connectivity index (χ3n) is 4.01. The van der Waals surface area contributed by atoms with E-state index < -0.39 is 11.1 Å². The normalized spacial score (nSPS) is 25.9. The van der Waals surface area contributed by atoms with Crippen molar-refractivity contribution in [2.24, 2.45) is 11.8 Å². The summed E-state index contributed by atoms with van der Waals surface area (Å²) >= 11 is 0.454. The molecule has 0 radical (unpaired) electrons. The van der Waals surface area contributed by atoms with Gasteiger partial charge in [-0.05, 0) is 24.7 Å². The zero-order valence-electron chi connectivity index (χ0n) is 10.6. The first-order valence-electron chi connectivity index (χ1n) is 6.52. The van der Waals surface area contributed by atoms with Gasteiger partial charge in [0.1, 0.15) is 4.88 Å². The van der Waals surface area contributed by atoms with Crippen LogP contribution in [0.15, 0.2) is 6.20 Å². The van der Waals surface area contributed by atoms with E-state index in [1.54, 1.807) is 4.90 Å². The first kappa shape index (κ1) is 13.7. The van der Waals surface area contributed by atoms with Crippen LogP contribution in [-0.4, -0.2) is 29.0 Å². The zero-order chi connectivity index (χ0) is 14.3. The van der Waals surface area contributed by atoms with Gasteiger partial charge < -0.3 is 4.90 Å². The lowest BCUT2D eigenvalue weighted by Gasteiger charge is -2.16. The van der Waals surface area contributed by atoms with Crippen LogP contribution >= 0.6 is 11.3 Å². The van der Waals surface area contributed by atoms with Crippen LogP contribution < -0.4 is 5.32 Å². The van der Waals surface area contributed by atoms with E-state index in [0.717, 1.165) is 19.0 Å². The number of alkyl halides is 3. The molecule has 2 aliphatic rings. The van der Waals surface area contributed by atoms with Crippen LogP contribution in [0.3, 0.4) is 0 Å². The fourth-order valence-corrected chi connectivity index (χ4v) is 3.71. The number of likely N-dealkylation sites (tertiary alicyclic amines) is 1. The largest absolute Gasteiger partial charge is 0.427 e. The lowest BCUT2D eigenvalue weighted by molar-refractivity contribution is -0.134. The molecular weight excluding hydrogens is 291 g/mol. The Kier molecular flexibility index (Phi) is 3.35. The average molecular weight is 305 g/mol. The minimum absolute atomic E-state index is 0.000570. The number of halogens is 3. The maximum Gasteiger partial charge on any atom is 0.427 e. The second kappa shape index (κ2) is 4.91. The SMILES string of the molecule is O=C(Nc1ncc(C(F)(F)F)s1)N1C[C@@H]2CCC[C@H]2C1. The molecule has 0 spiro atoms. The Morgan fingerprint density at radius 3 is 2.55 bits per heavy atom. The first-order valence-corrected chi connectivity index (χ1v) is 7.34. The van der Waals surface area contributed by atoms with Gasteiger partial charge in [-0.25, -0.2) is 9.78 Å². The molecule has 3 rings (SSSR count). The molecule has 1 N–H and O–H groups in total. The molecule has 0 bridgehead atoms. The van der Waals surface area contributed by atoms with Gasteiger partial charge in [0.2, 0.25) is 0 Å². The highest BCUT2D eigenvalue weighted by Crippen LogP contribution is 2.38. The molecule has 1 saturated carbocycles. The highest BCUT2D eigenvalue weighted by molar-refractivity contribution is 7.15. The molecule has 0 unspecified atom stereocenters. The Balaban J connectivity index is 1.61. The van der Waals surface area contributed by atoms with Crippen molar-refractivity contribution in [3.8, 4) is 0 Å². The molecule has 2 amide bonds. The predicted molar refractivity (Wildman–Crippen MR) is 68.5 cm³/mol. The number of nitrogens with zero attached hydrogens (tertiary/aromatic N) is 2. The second-order valence-electron chi connectivity index (χ2n) is 5.31. The van der Waals surface area contributed by atoms with Crippen molar-refractivity contribution >= 4 is 22.5 Å². The number of carbonyl (C=O) groups excluding carboxylic acids is 1. The van der Waals surface area contributed by atoms with Crippen LogP contribution in [-0.2, 0) is 6.18 Å². The van der Waals surface area contributed by atoms with E-state index in [1.165, 1.54) is 6.42 Å². The molecule has 0 aromatic carbocycles. The maximum absolute atomic E-state index is 12.4. The Morgan fingerprint density at radius 2 is 2.00 bits per heavy atom. The predicted octanol–water partition coefficient (Wildman–Crippen LogP) is 3.43. The van der Waals surface area contributed by atoms with Gasteiger partial charge in [0.05, 0.1) is 6.20 Å². The van der Waals surface area contributed by atoms with Gasteiger partial charge in [-0.3, -0.25) is 5.32 Å². The van der Waals surface area contributed by atoms with E-state index in [-0.39, 0.29) is 11.2 Å². The molecule has 2 heterocycles. The number of fused-ring (bicyclic) bond motifs is 1. The molecule has 1 saturated heterocycles. The van der Waals surface area contributed by atoms with Crippen LogP contribution in [0.5, 0.6) is 0 Å². The number of aromatic nitrogens is 1. The zero-order valence-corrected chi connectivity index (χ0v) is 11.4. The van der Waals surface area contributed by atoms with Crippen LogP contribution in [0.1, 0.15) is 24.1 Å². The Labute approximate surface area is 118 Å². The topological polar surface area (TPSA) is 45.2 Å². The second-order valence-corrected chi connectivity index (χ2v) is 6.34. The minimum Gasteiger partial charge on any atom is -0.324 e. The highest BCUT2D eigenvalue weighted by atomic mass is 32.1. The summed E-state index contributed by atoms with van der Waals surface area (Å²) in [4.78, 5) is 16.5. The highest BCUT2D eigenvalue weighted by Gasteiger charge is 2.38. The Morgan fingerprint density at radius 1 is 1.35 bits per heavy atom. The summed E-state index contributed by atoms with van der Waals surface area (Å²) in [6.45, 7) is 1.40. The van der Waals surface area contributed by atoms with Crippen molar-refractivity contribution in [2.45, 2.75) is 25.4 Å². The smallest absolute Gasteiger partial charge is 0.324 e. The maximum atomic E-state index is 12.4. The fourth-order valence-electron chi connectivity index (χ4n) is 3.03. The number of nitrogens with one attached hydrogen (secondary N) is 1. The lowest BCUT2D eigenvalue weighted by Crippen LogP contribution is -2.33. The number of anilines is 1. The lowest BCUT2D eigenvalue weighted by atomic mass is 10.0. The quantitative estimate of drug-likeness (QED) is 0.864. The van der Waals surface area contributed by atoms with E-state index in [2.05, 4.69) is 10.3 Å². The van der Waals surface area contributed by atoms with Crippen molar-refractivity contribution < 1.29 is 18.0 Å². The molecule has 1 aromatic rings. The van der Waals surface area contributed by atoms with Gasteiger partial charge in [0.15, 0.2) is 5.13 Å². The fraction of sp³-hybridized carbons (Fsp3) is 0.667.